The van der Waals surface area contributed by atoms with Crippen LogP contribution in [0.25, 0.3) is 0 Å². The van der Waals surface area contributed by atoms with Crippen molar-refractivity contribution < 1.29 is 19.0 Å². The first-order valence-corrected chi connectivity index (χ1v) is 7.68. The quantitative estimate of drug-likeness (QED) is 0.329. The number of rotatable bonds is 11. The summed E-state index contributed by atoms with van der Waals surface area (Å²) >= 11 is 0. The highest BCUT2D eigenvalue weighted by Crippen LogP contribution is 2.34. The van der Waals surface area contributed by atoms with E-state index in [4.69, 9.17) is 14.2 Å². The van der Waals surface area contributed by atoms with Crippen LogP contribution in [0, 0.1) is 5.92 Å². The average molecular weight is 272 g/mol. The van der Waals surface area contributed by atoms with Gasteiger partial charge >= 0.3 is 5.97 Å². The van der Waals surface area contributed by atoms with Crippen LogP contribution < -0.4 is 0 Å². The van der Waals surface area contributed by atoms with E-state index in [0.717, 1.165) is 12.8 Å². The number of ether oxygens (including phenoxy) is 3. The molecule has 3 atom stereocenters. The molecule has 1 aliphatic rings. The maximum absolute atomic E-state index is 11.9. The Labute approximate surface area is 116 Å². The minimum Gasteiger partial charge on any atom is -0.466 e. The van der Waals surface area contributed by atoms with Gasteiger partial charge in [-0.15, -0.1) is 0 Å². The lowest BCUT2D eigenvalue weighted by atomic mass is 9.97. The molecule has 1 rings (SSSR count). The van der Waals surface area contributed by atoms with Crippen molar-refractivity contribution in [1.82, 2.24) is 0 Å². The van der Waals surface area contributed by atoms with E-state index in [0.29, 0.717) is 13.2 Å². The Kier molecular flexibility index (Phi) is 8.07. The Morgan fingerprint density at radius 1 is 1.11 bits per heavy atom. The van der Waals surface area contributed by atoms with Crippen molar-refractivity contribution in [2.75, 3.05) is 13.2 Å². The molecule has 0 bridgehead atoms. The summed E-state index contributed by atoms with van der Waals surface area (Å²) < 4.78 is 16.0. The van der Waals surface area contributed by atoms with E-state index < -0.39 is 0 Å². The molecule has 0 aromatic heterocycles. The maximum atomic E-state index is 11.9. The maximum Gasteiger partial charge on any atom is 0.311 e. The minimum atomic E-state index is -0.199. The minimum absolute atomic E-state index is 0.0924. The second-order valence-corrected chi connectivity index (χ2v) is 4.99. The van der Waals surface area contributed by atoms with Gasteiger partial charge in [0.15, 0.2) is 6.29 Å². The summed E-state index contributed by atoms with van der Waals surface area (Å²) in [7, 11) is 0. The van der Waals surface area contributed by atoms with Gasteiger partial charge in [0.2, 0.25) is 0 Å². The van der Waals surface area contributed by atoms with Crippen LogP contribution in [-0.2, 0) is 19.0 Å². The van der Waals surface area contributed by atoms with E-state index >= 15 is 0 Å². The molecule has 4 heteroatoms. The fourth-order valence-corrected chi connectivity index (χ4v) is 2.33. The first kappa shape index (κ1) is 16.4. The van der Waals surface area contributed by atoms with Gasteiger partial charge in [-0.2, -0.15) is 0 Å². The van der Waals surface area contributed by atoms with Gasteiger partial charge in [-0.3, -0.25) is 4.79 Å². The molecule has 112 valence electrons. The van der Waals surface area contributed by atoms with Crippen LogP contribution in [0.5, 0.6) is 0 Å². The number of esters is 1. The van der Waals surface area contributed by atoms with Crippen molar-refractivity contribution in [2.45, 2.75) is 71.7 Å². The van der Waals surface area contributed by atoms with Crippen LogP contribution in [-0.4, -0.2) is 31.6 Å². The van der Waals surface area contributed by atoms with Crippen molar-refractivity contribution in [3.05, 3.63) is 0 Å². The highest BCUT2D eigenvalue weighted by Gasteiger charge is 2.49. The van der Waals surface area contributed by atoms with Crippen LogP contribution in [0.1, 0.15) is 59.3 Å². The van der Waals surface area contributed by atoms with Crippen molar-refractivity contribution in [3.8, 4) is 0 Å². The predicted molar refractivity (Wildman–Crippen MR) is 73.8 cm³/mol. The molecule has 0 amide bonds. The van der Waals surface area contributed by atoms with Crippen LogP contribution in [0.2, 0.25) is 0 Å². The number of carbonyl (C=O) groups is 1. The normalized spacial score (nSPS) is 23.1. The predicted octanol–water partition coefficient (Wildman–Crippen LogP) is 3.29. The zero-order valence-corrected chi connectivity index (χ0v) is 12.5. The van der Waals surface area contributed by atoms with Gasteiger partial charge in [0.1, 0.15) is 6.10 Å². The molecule has 0 aromatic carbocycles. The van der Waals surface area contributed by atoms with Gasteiger partial charge in [-0.05, 0) is 20.3 Å². The topological polar surface area (TPSA) is 48.1 Å². The molecule has 0 N–H and O–H groups in total. The smallest absolute Gasteiger partial charge is 0.311 e. The Bertz CT molecular complexity index is 255. The van der Waals surface area contributed by atoms with E-state index in [1.807, 2.05) is 13.8 Å². The third-order valence-corrected chi connectivity index (χ3v) is 3.42. The highest BCUT2D eigenvalue weighted by molar-refractivity contribution is 5.73. The summed E-state index contributed by atoms with van der Waals surface area (Å²) in [6, 6.07) is 0. The molecule has 1 aliphatic heterocycles. The summed E-state index contributed by atoms with van der Waals surface area (Å²) in [5.41, 5.74) is 0. The van der Waals surface area contributed by atoms with Gasteiger partial charge in [0.25, 0.3) is 0 Å². The van der Waals surface area contributed by atoms with Crippen molar-refractivity contribution in [1.29, 1.82) is 0 Å². The average Bonchev–Trinajstić information content (AvgIpc) is 3.13. The molecule has 0 spiro atoms. The lowest BCUT2D eigenvalue weighted by molar-refractivity contribution is -0.149. The van der Waals surface area contributed by atoms with E-state index in [2.05, 4.69) is 6.92 Å². The van der Waals surface area contributed by atoms with Crippen LogP contribution in [0.15, 0.2) is 0 Å². The Hall–Kier alpha value is -0.610. The lowest BCUT2D eigenvalue weighted by Crippen LogP contribution is -2.24. The first-order valence-electron chi connectivity index (χ1n) is 7.68. The number of hydrogen-bond acceptors (Lipinski definition) is 4. The largest absolute Gasteiger partial charge is 0.466 e. The Balaban J connectivity index is 2.31. The molecule has 0 saturated carbocycles. The number of hydrogen-bond donors (Lipinski definition) is 0. The van der Waals surface area contributed by atoms with Crippen molar-refractivity contribution in [2.24, 2.45) is 5.92 Å². The molecule has 0 aromatic rings. The zero-order valence-electron chi connectivity index (χ0n) is 12.5. The molecule has 3 unspecified atom stereocenters. The first-order chi connectivity index (χ1) is 9.24. The molecule has 0 radical (unpaired) electrons. The van der Waals surface area contributed by atoms with E-state index in [1.165, 1.54) is 25.7 Å². The second-order valence-electron chi connectivity index (χ2n) is 4.99. The van der Waals surface area contributed by atoms with Crippen molar-refractivity contribution in [3.63, 3.8) is 0 Å². The summed E-state index contributed by atoms with van der Waals surface area (Å²) in [6.07, 6.45) is 6.53. The Morgan fingerprint density at radius 3 is 2.47 bits per heavy atom. The summed E-state index contributed by atoms with van der Waals surface area (Å²) in [4.78, 5) is 11.9. The number of epoxide rings is 1. The highest BCUT2D eigenvalue weighted by atomic mass is 16.8. The molecule has 1 heterocycles. The summed E-state index contributed by atoms with van der Waals surface area (Å²) in [5, 5.41) is 0. The molecule has 1 fully saturated rings. The molecular weight excluding hydrogens is 244 g/mol. The molecule has 19 heavy (non-hydrogen) atoms. The SMILES string of the molecule is CCCCCCCC(C(=O)OCC)C1OC1OCC. The summed E-state index contributed by atoms with van der Waals surface area (Å²) in [5.74, 6) is -0.289. The van der Waals surface area contributed by atoms with Crippen LogP contribution in [0.3, 0.4) is 0 Å². The van der Waals surface area contributed by atoms with E-state index in [-0.39, 0.29) is 24.3 Å². The summed E-state index contributed by atoms with van der Waals surface area (Å²) in [6.45, 7) is 7.02. The van der Waals surface area contributed by atoms with Crippen LogP contribution >= 0.6 is 0 Å². The van der Waals surface area contributed by atoms with Gasteiger partial charge in [-0.25, -0.2) is 0 Å². The van der Waals surface area contributed by atoms with E-state index in [1.54, 1.807) is 0 Å². The number of carbonyl (C=O) groups excluding carboxylic acids is 1. The fourth-order valence-electron chi connectivity index (χ4n) is 2.33. The third kappa shape index (κ3) is 5.91. The second kappa shape index (κ2) is 9.32. The molecular formula is C15H28O4. The zero-order chi connectivity index (χ0) is 14.1. The fraction of sp³-hybridized carbons (Fsp3) is 0.933. The lowest BCUT2D eigenvalue weighted by Gasteiger charge is -2.13. The van der Waals surface area contributed by atoms with Crippen LogP contribution in [0.4, 0.5) is 0 Å². The monoisotopic (exact) mass is 272 g/mol. The van der Waals surface area contributed by atoms with Gasteiger partial charge in [0.05, 0.1) is 12.5 Å². The van der Waals surface area contributed by atoms with Gasteiger partial charge in [-0.1, -0.05) is 39.0 Å². The molecule has 0 aliphatic carbocycles. The molecule has 1 saturated heterocycles. The Morgan fingerprint density at radius 2 is 1.84 bits per heavy atom. The van der Waals surface area contributed by atoms with E-state index in [9.17, 15) is 4.79 Å². The van der Waals surface area contributed by atoms with Gasteiger partial charge < -0.3 is 14.2 Å². The molecule has 4 nitrogen and oxygen atoms in total. The standard InChI is InChI=1S/C15H28O4/c1-4-7-8-9-10-11-12(14(16)17-5-2)13-15(19-13)18-6-3/h12-13,15H,4-11H2,1-3H3. The third-order valence-electron chi connectivity index (χ3n) is 3.42. The van der Waals surface area contributed by atoms with Gasteiger partial charge in [0, 0.05) is 6.61 Å². The number of unbranched alkanes of at least 4 members (excludes halogenated alkanes) is 4. The van der Waals surface area contributed by atoms with Crippen molar-refractivity contribution >= 4 is 5.97 Å².